The van der Waals surface area contributed by atoms with Gasteiger partial charge < -0.3 is 10.2 Å². The van der Waals surface area contributed by atoms with E-state index >= 15 is 0 Å². The highest BCUT2D eigenvalue weighted by atomic mass is 16.2. The number of piperidine rings is 1. The Morgan fingerprint density at radius 3 is 2.67 bits per heavy atom. The van der Waals surface area contributed by atoms with Gasteiger partial charge in [-0.15, -0.1) is 0 Å². The van der Waals surface area contributed by atoms with Crippen molar-refractivity contribution in [3.05, 3.63) is 30.3 Å². The molecule has 1 aliphatic rings. The van der Waals surface area contributed by atoms with E-state index in [0.717, 1.165) is 25.1 Å². The Balaban J connectivity index is 1.91. The number of rotatable bonds is 4. The van der Waals surface area contributed by atoms with Gasteiger partial charge in [0.05, 0.1) is 5.92 Å². The van der Waals surface area contributed by atoms with Gasteiger partial charge in [0.2, 0.25) is 11.8 Å². The maximum absolute atomic E-state index is 12.3. The summed E-state index contributed by atoms with van der Waals surface area (Å²) in [6.07, 6.45) is 2.31. The molecule has 1 aliphatic heterocycles. The van der Waals surface area contributed by atoms with E-state index < -0.39 is 0 Å². The lowest BCUT2D eigenvalue weighted by Gasteiger charge is -2.32. The fourth-order valence-corrected chi connectivity index (χ4v) is 2.66. The van der Waals surface area contributed by atoms with E-state index in [2.05, 4.69) is 5.32 Å². The lowest BCUT2D eigenvalue weighted by atomic mass is 9.96. The van der Waals surface area contributed by atoms with Gasteiger partial charge in [-0.05, 0) is 30.9 Å². The van der Waals surface area contributed by atoms with Crippen LogP contribution in [0, 0.1) is 11.8 Å². The Kier molecular flexibility index (Phi) is 5.37. The van der Waals surface area contributed by atoms with Crippen LogP contribution in [0.3, 0.4) is 0 Å². The van der Waals surface area contributed by atoms with Gasteiger partial charge >= 0.3 is 0 Å². The summed E-state index contributed by atoms with van der Waals surface area (Å²) in [6.45, 7) is 5.41. The number of carbonyl (C=O) groups excluding carboxylic acids is 2. The number of hydrogen-bond acceptors (Lipinski definition) is 2. The van der Waals surface area contributed by atoms with Crippen LogP contribution in [0.1, 0.15) is 33.1 Å². The minimum atomic E-state index is -0.102. The van der Waals surface area contributed by atoms with Crippen LogP contribution in [0.4, 0.5) is 5.69 Å². The van der Waals surface area contributed by atoms with E-state index in [4.69, 9.17) is 0 Å². The smallest absolute Gasteiger partial charge is 0.229 e. The van der Waals surface area contributed by atoms with Gasteiger partial charge in [-0.25, -0.2) is 0 Å². The molecule has 114 valence electrons. The summed E-state index contributed by atoms with van der Waals surface area (Å²) in [5, 5.41) is 2.93. The molecule has 0 aromatic heterocycles. The van der Waals surface area contributed by atoms with Crippen molar-refractivity contribution in [1.29, 1.82) is 0 Å². The molecular weight excluding hydrogens is 264 g/mol. The first-order valence-corrected chi connectivity index (χ1v) is 7.70. The van der Waals surface area contributed by atoms with Gasteiger partial charge in [0.25, 0.3) is 0 Å². The molecule has 0 spiro atoms. The maximum atomic E-state index is 12.3. The Morgan fingerprint density at radius 1 is 1.29 bits per heavy atom. The first kappa shape index (κ1) is 15.5. The molecule has 0 aliphatic carbocycles. The molecule has 21 heavy (non-hydrogen) atoms. The number of para-hydroxylation sites is 1. The maximum Gasteiger partial charge on any atom is 0.229 e. The number of anilines is 1. The van der Waals surface area contributed by atoms with Crippen LogP contribution in [0.15, 0.2) is 30.3 Å². The highest BCUT2D eigenvalue weighted by Crippen LogP contribution is 2.20. The zero-order valence-electron chi connectivity index (χ0n) is 12.8. The molecule has 2 rings (SSSR count). The van der Waals surface area contributed by atoms with Crippen LogP contribution in [-0.4, -0.2) is 29.8 Å². The average molecular weight is 288 g/mol. The normalized spacial score (nSPS) is 18.6. The lowest BCUT2D eigenvalue weighted by molar-refractivity contribution is -0.135. The summed E-state index contributed by atoms with van der Waals surface area (Å²) < 4.78 is 0. The SMILES string of the molecule is CC(C)CC(=O)N1CCCC(C(=O)Nc2ccccc2)C1. The number of benzene rings is 1. The monoisotopic (exact) mass is 288 g/mol. The van der Waals surface area contributed by atoms with Crippen molar-refractivity contribution in [3.8, 4) is 0 Å². The van der Waals surface area contributed by atoms with Gasteiger partial charge in [-0.3, -0.25) is 9.59 Å². The number of amides is 2. The van der Waals surface area contributed by atoms with Crippen LogP contribution in [0.25, 0.3) is 0 Å². The molecular formula is C17H24N2O2. The Morgan fingerprint density at radius 2 is 2.00 bits per heavy atom. The summed E-state index contributed by atoms with van der Waals surface area (Å²) in [5.74, 6) is 0.441. The summed E-state index contributed by atoms with van der Waals surface area (Å²) in [6, 6.07) is 9.47. The van der Waals surface area contributed by atoms with E-state index in [0.29, 0.717) is 18.9 Å². The molecule has 0 radical (unpaired) electrons. The molecule has 1 unspecified atom stereocenters. The number of nitrogens with zero attached hydrogens (tertiary/aromatic N) is 1. The third-order valence-electron chi connectivity index (χ3n) is 3.77. The van der Waals surface area contributed by atoms with Crippen molar-refractivity contribution in [2.75, 3.05) is 18.4 Å². The lowest BCUT2D eigenvalue weighted by Crippen LogP contribution is -2.44. The minimum Gasteiger partial charge on any atom is -0.342 e. The summed E-state index contributed by atoms with van der Waals surface area (Å²) in [7, 11) is 0. The van der Waals surface area contributed by atoms with Gasteiger partial charge in [0.1, 0.15) is 0 Å². The molecule has 1 heterocycles. The molecule has 1 aromatic carbocycles. The second-order valence-electron chi connectivity index (χ2n) is 6.13. The van der Waals surface area contributed by atoms with Gasteiger partial charge in [-0.2, -0.15) is 0 Å². The van der Waals surface area contributed by atoms with E-state index in [-0.39, 0.29) is 17.7 Å². The Hall–Kier alpha value is -1.84. The van der Waals surface area contributed by atoms with Crippen LogP contribution in [-0.2, 0) is 9.59 Å². The van der Waals surface area contributed by atoms with E-state index in [9.17, 15) is 9.59 Å². The third kappa shape index (κ3) is 4.59. The molecule has 1 aromatic rings. The number of carbonyl (C=O) groups is 2. The molecule has 0 saturated carbocycles. The first-order valence-electron chi connectivity index (χ1n) is 7.70. The largest absolute Gasteiger partial charge is 0.342 e. The predicted octanol–water partition coefficient (Wildman–Crippen LogP) is 2.91. The number of nitrogens with one attached hydrogen (secondary N) is 1. The van der Waals surface area contributed by atoms with E-state index in [1.807, 2.05) is 49.1 Å². The predicted molar refractivity (Wildman–Crippen MR) is 83.8 cm³/mol. The van der Waals surface area contributed by atoms with Crippen LogP contribution < -0.4 is 5.32 Å². The Labute approximate surface area is 126 Å². The van der Waals surface area contributed by atoms with E-state index in [1.165, 1.54) is 0 Å². The molecule has 1 fully saturated rings. The summed E-state index contributed by atoms with van der Waals surface area (Å²) >= 11 is 0. The average Bonchev–Trinajstić information content (AvgIpc) is 2.47. The van der Waals surface area contributed by atoms with Crippen molar-refractivity contribution < 1.29 is 9.59 Å². The number of likely N-dealkylation sites (tertiary alicyclic amines) is 1. The number of hydrogen-bond donors (Lipinski definition) is 1. The standard InChI is InChI=1S/C17H24N2O2/c1-13(2)11-16(20)19-10-6-7-14(12-19)17(21)18-15-8-4-3-5-9-15/h3-5,8-9,13-14H,6-7,10-12H2,1-2H3,(H,18,21). The summed E-state index contributed by atoms with van der Waals surface area (Å²) in [4.78, 5) is 26.3. The molecule has 4 nitrogen and oxygen atoms in total. The first-order chi connectivity index (χ1) is 10.1. The van der Waals surface area contributed by atoms with Gasteiger partial charge in [0, 0.05) is 25.2 Å². The molecule has 0 bridgehead atoms. The zero-order valence-corrected chi connectivity index (χ0v) is 12.8. The zero-order chi connectivity index (χ0) is 15.2. The van der Waals surface area contributed by atoms with Crippen molar-refractivity contribution in [2.45, 2.75) is 33.1 Å². The quantitative estimate of drug-likeness (QED) is 0.926. The van der Waals surface area contributed by atoms with Crippen LogP contribution in [0.2, 0.25) is 0 Å². The van der Waals surface area contributed by atoms with Gasteiger partial charge in [0.15, 0.2) is 0 Å². The highest BCUT2D eigenvalue weighted by molar-refractivity contribution is 5.93. The molecule has 1 atom stereocenters. The van der Waals surface area contributed by atoms with Crippen LogP contribution in [0.5, 0.6) is 0 Å². The second kappa shape index (κ2) is 7.25. The summed E-state index contributed by atoms with van der Waals surface area (Å²) in [5.41, 5.74) is 0.813. The Bertz CT molecular complexity index is 485. The van der Waals surface area contributed by atoms with Crippen molar-refractivity contribution in [2.24, 2.45) is 11.8 Å². The fraction of sp³-hybridized carbons (Fsp3) is 0.529. The highest BCUT2D eigenvalue weighted by Gasteiger charge is 2.28. The second-order valence-corrected chi connectivity index (χ2v) is 6.13. The molecule has 2 amide bonds. The van der Waals surface area contributed by atoms with E-state index in [1.54, 1.807) is 0 Å². The van der Waals surface area contributed by atoms with Crippen molar-refractivity contribution >= 4 is 17.5 Å². The minimum absolute atomic E-state index is 0.0169. The molecule has 1 N–H and O–H groups in total. The topological polar surface area (TPSA) is 49.4 Å². The van der Waals surface area contributed by atoms with Gasteiger partial charge in [-0.1, -0.05) is 32.0 Å². The fourth-order valence-electron chi connectivity index (χ4n) is 2.66. The van der Waals surface area contributed by atoms with Crippen molar-refractivity contribution in [3.63, 3.8) is 0 Å². The molecule has 1 saturated heterocycles. The third-order valence-corrected chi connectivity index (χ3v) is 3.77. The van der Waals surface area contributed by atoms with Crippen molar-refractivity contribution in [1.82, 2.24) is 4.90 Å². The molecule has 4 heteroatoms. The van der Waals surface area contributed by atoms with Crippen LogP contribution >= 0.6 is 0 Å².